The summed E-state index contributed by atoms with van der Waals surface area (Å²) in [6, 6.07) is 16.8. The zero-order valence-electron chi connectivity index (χ0n) is 19.6. The van der Waals surface area contributed by atoms with E-state index in [0.717, 1.165) is 36.5 Å². The number of rotatable bonds is 7. The van der Waals surface area contributed by atoms with Gasteiger partial charge in [0.15, 0.2) is 0 Å². The van der Waals surface area contributed by atoms with Gasteiger partial charge in [-0.2, -0.15) is 22.0 Å². The first kappa shape index (κ1) is 25.2. The Hall–Kier alpha value is -2.89. The summed E-state index contributed by atoms with van der Waals surface area (Å²) in [5.74, 6) is 1.07. The van der Waals surface area contributed by atoms with Crippen molar-refractivity contribution in [1.29, 1.82) is 0 Å². The zero-order valence-corrected chi connectivity index (χ0v) is 19.6. The Morgan fingerprint density at radius 1 is 0.743 bits per heavy atom. The van der Waals surface area contributed by atoms with E-state index in [-0.39, 0.29) is 11.3 Å². The SMILES string of the molecule is CCC[C@H]1CC[C@H](c2ccc(C(F)(F)Oc3ccccc3-c3ccc(C(F)(F)F)cc3)cc2)CC1. The molecule has 4 rings (SSSR count). The maximum Gasteiger partial charge on any atom is 0.426 e. The normalized spacial score (nSPS) is 18.9. The van der Waals surface area contributed by atoms with Crippen LogP contribution in [0.25, 0.3) is 11.1 Å². The highest BCUT2D eigenvalue weighted by atomic mass is 19.4. The molecule has 0 atom stereocenters. The molecule has 0 spiro atoms. The van der Waals surface area contributed by atoms with Crippen LogP contribution in [0.15, 0.2) is 72.8 Å². The Balaban J connectivity index is 1.49. The van der Waals surface area contributed by atoms with Crippen molar-refractivity contribution in [2.45, 2.75) is 63.7 Å². The molecule has 3 aromatic carbocycles. The quantitative estimate of drug-likeness (QED) is 0.301. The fraction of sp³-hybridized carbons (Fsp3) is 0.379. The van der Waals surface area contributed by atoms with Crippen molar-refractivity contribution in [3.05, 3.63) is 89.5 Å². The van der Waals surface area contributed by atoms with Gasteiger partial charge < -0.3 is 4.74 Å². The van der Waals surface area contributed by atoms with E-state index < -0.39 is 17.8 Å². The molecule has 0 N–H and O–H groups in total. The Morgan fingerprint density at radius 3 is 1.94 bits per heavy atom. The molecule has 6 heteroatoms. The lowest BCUT2D eigenvalue weighted by molar-refractivity contribution is -0.185. The van der Waals surface area contributed by atoms with Gasteiger partial charge in [0.05, 0.1) is 11.1 Å². The van der Waals surface area contributed by atoms with Crippen LogP contribution in [0, 0.1) is 5.92 Å². The molecule has 1 fully saturated rings. The minimum atomic E-state index is -4.47. The summed E-state index contributed by atoms with van der Waals surface area (Å²) in [7, 11) is 0. The van der Waals surface area contributed by atoms with Crippen LogP contribution in [0.5, 0.6) is 5.75 Å². The minimum Gasteiger partial charge on any atom is -0.428 e. The molecule has 3 aromatic rings. The van der Waals surface area contributed by atoms with Gasteiger partial charge in [0, 0.05) is 5.56 Å². The van der Waals surface area contributed by atoms with Crippen molar-refractivity contribution in [3.8, 4) is 16.9 Å². The number of benzene rings is 3. The zero-order chi connectivity index (χ0) is 25.1. The Bertz CT molecular complexity index is 1100. The van der Waals surface area contributed by atoms with Gasteiger partial charge >= 0.3 is 12.3 Å². The predicted octanol–water partition coefficient (Wildman–Crippen LogP) is 9.57. The number of ether oxygens (including phenoxy) is 1. The van der Waals surface area contributed by atoms with Crippen molar-refractivity contribution >= 4 is 0 Å². The first-order valence-electron chi connectivity index (χ1n) is 12.1. The summed E-state index contributed by atoms with van der Waals surface area (Å²) in [6.07, 6.45) is -1.10. The average molecular weight is 489 g/mol. The summed E-state index contributed by atoms with van der Waals surface area (Å²) in [6.45, 7) is 2.20. The van der Waals surface area contributed by atoms with Crippen LogP contribution >= 0.6 is 0 Å². The molecule has 0 saturated heterocycles. The molecule has 0 radical (unpaired) electrons. The molecule has 0 heterocycles. The van der Waals surface area contributed by atoms with Gasteiger partial charge in [0.25, 0.3) is 0 Å². The number of hydrogen-bond donors (Lipinski definition) is 0. The van der Waals surface area contributed by atoms with Crippen molar-refractivity contribution in [2.75, 3.05) is 0 Å². The Kier molecular flexibility index (Phi) is 7.48. The summed E-state index contributed by atoms with van der Waals surface area (Å²) in [5.41, 5.74) is 0.663. The van der Waals surface area contributed by atoms with Crippen LogP contribution in [0.4, 0.5) is 22.0 Å². The van der Waals surface area contributed by atoms with Crippen LogP contribution < -0.4 is 4.74 Å². The fourth-order valence-electron chi connectivity index (χ4n) is 4.97. The summed E-state index contributed by atoms with van der Waals surface area (Å²) in [5, 5.41) is 0. The number of para-hydroxylation sites is 1. The minimum absolute atomic E-state index is 0.101. The molecule has 0 aromatic heterocycles. The van der Waals surface area contributed by atoms with Gasteiger partial charge in [0.2, 0.25) is 0 Å². The van der Waals surface area contributed by atoms with Crippen molar-refractivity contribution < 1.29 is 26.7 Å². The van der Waals surface area contributed by atoms with E-state index in [1.165, 1.54) is 56.0 Å². The number of hydrogen-bond acceptors (Lipinski definition) is 1. The summed E-state index contributed by atoms with van der Waals surface area (Å²) < 4.78 is 74.0. The van der Waals surface area contributed by atoms with Crippen molar-refractivity contribution in [2.24, 2.45) is 5.92 Å². The van der Waals surface area contributed by atoms with Crippen LogP contribution in [0.3, 0.4) is 0 Å². The second-order valence-corrected chi connectivity index (χ2v) is 9.32. The highest BCUT2D eigenvalue weighted by molar-refractivity contribution is 5.70. The van der Waals surface area contributed by atoms with E-state index in [2.05, 4.69) is 6.92 Å². The van der Waals surface area contributed by atoms with Gasteiger partial charge in [-0.05, 0) is 79.0 Å². The van der Waals surface area contributed by atoms with E-state index in [9.17, 15) is 13.2 Å². The standard InChI is InChI=1S/C29H29F5O/c1-2-5-20-8-10-21(11-9-20)22-12-18-25(19-13-22)29(33,34)35-27-7-4-3-6-26(27)23-14-16-24(17-15-23)28(30,31)32/h3-4,6-7,12-21H,2,5,8-11H2,1H3/t20-,21-. The maximum absolute atomic E-state index is 15.1. The lowest BCUT2D eigenvalue weighted by atomic mass is 9.77. The first-order chi connectivity index (χ1) is 16.7. The van der Waals surface area contributed by atoms with Gasteiger partial charge in [-0.25, -0.2) is 0 Å². The van der Waals surface area contributed by atoms with Gasteiger partial charge in [0.1, 0.15) is 5.75 Å². The second-order valence-electron chi connectivity index (χ2n) is 9.32. The lowest BCUT2D eigenvalue weighted by Gasteiger charge is -2.29. The molecule has 0 aliphatic heterocycles. The third kappa shape index (κ3) is 6.03. The van der Waals surface area contributed by atoms with E-state index in [1.807, 2.05) is 0 Å². The molecule has 1 aliphatic rings. The van der Waals surface area contributed by atoms with Crippen LogP contribution in [0.1, 0.15) is 68.1 Å². The van der Waals surface area contributed by atoms with E-state index >= 15 is 8.78 Å². The maximum atomic E-state index is 15.1. The Labute approximate surface area is 202 Å². The molecule has 1 saturated carbocycles. The lowest BCUT2D eigenvalue weighted by Crippen LogP contribution is -2.22. The smallest absolute Gasteiger partial charge is 0.426 e. The molecule has 0 amide bonds. The van der Waals surface area contributed by atoms with Gasteiger partial charge in [-0.3, -0.25) is 0 Å². The molecule has 0 bridgehead atoms. The first-order valence-corrected chi connectivity index (χ1v) is 12.1. The highest BCUT2D eigenvalue weighted by Gasteiger charge is 2.36. The molecule has 1 nitrogen and oxygen atoms in total. The summed E-state index contributed by atoms with van der Waals surface area (Å²) >= 11 is 0. The predicted molar refractivity (Wildman–Crippen MR) is 127 cm³/mol. The Morgan fingerprint density at radius 2 is 1.34 bits per heavy atom. The van der Waals surface area contributed by atoms with E-state index in [1.54, 1.807) is 30.3 Å². The topological polar surface area (TPSA) is 9.23 Å². The van der Waals surface area contributed by atoms with Crippen molar-refractivity contribution in [3.63, 3.8) is 0 Å². The second kappa shape index (κ2) is 10.4. The molecular formula is C29H29F5O. The average Bonchev–Trinajstić information content (AvgIpc) is 2.84. The van der Waals surface area contributed by atoms with Gasteiger partial charge in [-0.1, -0.05) is 62.2 Å². The third-order valence-electron chi connectivity index (χ3n) is 6.91. The molecule has 35 heavy (non-hydrogen) atoms. The van der Waals surface area contributed by atoms with Crippen LogP contribution in [-0.2, 0) is 12.3 Å². The monoisotopic (exact) mass is 488 g/mol. The van der Waals surface area contributed by atoms with Crippen molar-refractivity contribution in [1.82, 2.24) is 0 Å². The highest BCUT2D eigenvalue weighted by Crippen LogP contribution is 2.41. The molecule has 1 aliphatic carbocycles. The third-order valence-corrected chi connectivity index (χ3v) is 6.91. The largest absolute Gasteiger partial charge is 0.428 e. The van der Waals surface area contributed by atoms with E-state index in [0.29, 0.717) is 17.0 Å². The fourth-order valence-corrected chi connectivity index (χ4v) is 4.97. The molecule has 186 valence electrons. The van der Waals surface area contributed by atoms with Gasteiger partial charge in [-0.15, -0.1) is 0 Å². The van der Waals surface area contributed by atoms with E-state index in [4.69, 9.17) is 4.74 Å². The molecular weight excluding hydrogens is 459 g/mol. The molecule has 0 unspecified atom stereocenters. The number of alkyl halides is 5. The summed E-state index contributed by atoms with van der Waals surface area (Å²) in [4.78, 5) is 0. The number of halogens is 5. The van der Waals surface area contributed by atoms with Crippen LogP contribution in [-0.4, -0.2) is 0 Å². The van der Waals surface area contributed by atoms with Crippen LogP contribution in [0.2, 0.25) is 0 Å².